The van der Waals surface area contributed by atoms with Gasteiger partial charge in [-0.2, -0.15) is 13.2 Å². The fraction of sp³-hybridized carbons (Fsp3) is 0.250. The van der Waals surface area contributed by atoms with Crippen LogP contribution in [0.4, 0.5) is 13.2 Å². The molecule has 1 heterocycles. The van der Waals surface area contributed by atoms with Gasteiger partial charge in [-0.15, -0.1) is 0 Å². The van der Waals surface area contributed by atoms with Gasteiger partial charge < -0.3 is 9.72 Å². The van der Waals surface area contributed by atoms with Crippen molar-refractivity contribution < 1.29 is 22.7 Å². The lowest BCUT2D eigenvalue weighted by Gasteiger charge is -2.03. The van der Waals surface area contributed by atoms with Gasteiger partial charge in [0, 0.05) is 6.08 Å². The molecule has 7 heteroatoms. The lowest BCUT2D eigenvalue weighted by atomic mass is 10.3. The van der Waals surface area contributed by atoms with Gasteiger partial charge in [0.15, 0.2) is 0 Å². The highest BCUT2D eigenvalue weighted by Gasteiger charge is 2.34. The second-order valence-electron chi connectivity index (χ2n) is 2.52. The number of imidazole rings is 1. The van der Waals surface area contributed by atoms with Crippen LogP contribution in [-0.2, 0) is 15.7 Å². The number of H-pyrrole nitrogens is 1. The summed E-state index contributed by atoms with van der Waals surface area (Å²) in [6, 6.07) is 0. The molecule has 1 aromatic heterocycles. The minimum absolute atomic E-state index is 0.354. The number of aromatic amines is 1. The quantitative estimate of drug-likeness (QED) is 0.608. The number of hydrogen-bond donors (Lipinski definition) is 1. The molecular weight excluding hydrogens is 213 g/mol. The third-order valence-corrected chi connectivity index (χ3v) is 1.53. The van der Waals surface area contributed by atoms with Crippen molar-refractivity contribution in [3.8, 4) is 0 Å². The molecule has 4 nitrogen and oxygen atoms in total. The molecule has 0 aliphatic rings. The first-order valence-corrected chi connectivity index (χ1v) is 3.81. The number of carbonyl (C=O) groups is 1. The van der Waals surface area contributed by atoms with Crippen molar-refractivity contribution in [2.45, 2.75) is 6.18 Å². The maximum atomic E-state index is 12.3. The zero-order valence-electron chi connectivity index (χ0n) is 7.63. The number of nitrogens with one attached hydrogen (secondary N) is 1. The third-order valence-electron chi connectivity index (χ3n) is 1.53. The van der Waals surface area contributed by atoms with E-state index in [2.05, 4.69) is 9.72 Å². The monoisotopic (exact) mass is 220 g/mol. The van der Waals surface area contributed by atoms with Crippen LogP contribution in [0.25, 0.3) is 6.08 Å². The van der Waals surface area contributed by atoms with Gasteiger partial charge in [-0.25, -0.2) is 9.78 Å². The van der Waals surface area contributed by atoms with Gasteiger partial charge >= 0.3 is 12.1 Å². The molecule has 82 valence electrons. The molecule has 0 unspecified atom stereocenters. The molecule has 1 N–H and O–H groups in total. The van der Waals surface area contributed by atoms with E-state index in [1.54, 1.807) is 0 Å². The summed E-state index contributed by atoms with van der Waals surface area (Å²) in [5.41, 5.74) is -1.35. The van der Waals surface area contributed by atoms with Gasteiger partial charge in [-0.1, -0.05) is 0 Å². The fourth-order valence-electron chi connectivity index (χ4n) is 0.873. The molecule has 0 saturated heterocycles. The average Bonchev–Trinajstić information content (AvgIpc) is 2.61. The highest BCUT2D eigenvalue weighted by molar-refractivity contribution is 5.86. The van der Waals surface area contributed by atoms with Crippen molar-refractivity contribution in [3.63, 3.8) is 0 Å². The number of hydrogen-bond acceptors (Lipinski definition) is 3. The number of aromatic nitrogens is 2. The Balaban J connectivity index is 2.92. The van der Waals surface area contributed by atoms with Crippen LogP contribution < -0.4 is 0 Å². The molecular formula is C8H7F3N2O2. The molecule has 1 aromatic rings. The second kappa shape index (κ2) is 4.16. The smallest absolute Gasteiger partial charge is 0.433 e. The van der Waals surface area contributed by atoms with E-state index in [1.807, 2.05) is 4.98 Å². The minimum Gasteiger partial charge on any atom is -0.466 e. The van der Waals surface area contributed by atoms with Crippen molar-refractivity contribution in [2.75, 3.05) is 7.11 Å². The Morgan fingerprint density at radius 2 is 2.27 bits per heavy atom. The number of rotatable bonds is 2. The largest absolute Gasteiger partial charge is 0.466 e. The number of alkyl halides is 3. The summed E-state index contributed by atoms with van der Waals surface area (Å²) in [7, 11) is 1.13. The molecule has 0 spiro atoms. The molecule has 1 rings (SSSR count). The normalized spacial score (nSPS) is 12.0. The summed E-state index contributed by atoms with van der Waals surface area (Å²) in [5, 5.41) is 0. The highest BCUT2D eigenvalue weighted by atomic mass is 19.4. The van der Waals surface area contributed by atoms with Gasteiger partial charge in [0.05, 0.1) is 19.1 Å². The third kappa shape index (κ3) is 2.83. The molecule has 0 aliphatic carbocycles. The predicted octanol–water partition coefficient (Wildman–Crippen LogP) is 1.61. The first kappa shape index (κ1) is 11.3. The summed E-state index contributed by atoms with van der Waals surface area (Å²) in [4.78, 5) is 16.0. The molecule has 0 radical (unpaired) electrons. The zero-order valence-corrected chi connectivity index (χ0v) is 7.63. The molecule has 0 bridgehead atoms. The summed E-state index contributed by atoms with van der Waals surface area (Å²) in [6.07, 6.45) is -1.82. The van der Waals surface area contributed by atoms with E-state index in [1.165, 1.54) is 0 Å². The lowest BCUT2D eigenvalue weighted by molar-refractivity contribution is -0.141. The van der Waals surface area contributed by atoms with Crippen LogP contribution in [-0.4, -0.2) is 23.0 Å². The van der Waals surface area contributed by atoms with Crippen molar-refractivity contribution in [1.29, 1.82) is 0 Å². The number of nitrogens with zero attached hydrogens (tertiary/aromatic N) is 1. The summed E-state index contributed by atoms with van der Waals surface area (Å²) in [6.45, 7) is 0. The van der Waals surface area contributed by atoms with E-state index in [-0.39, 0.29) is 5.69 Å². The Bertz CT molecular complexity index is 381. The molecule has 0 aromatic carbocycles. The predicted molar refractivity (Wildman–Crippen MR) is 44.6 cm³/mol. The van der Waals surface area contributed by atoms with Gasteiger partial charge in [0.1, 0.15) is 5.69 Å². The molecule has 0 saturated carbocycles. The number of ether oxygens (including phenoxy) is 1. The van der Waals surface area contributed by atoms with Crippen LogP contribution in [0.5, 0.6) is 0 Å². The van der Waals surface area contributed by atoms with Crippen LogP contribution in [0.15, 0.2) is 12.4 Å². The van der Waals surface area contributed by atoms with Crippen molar-refractivity contribution in [3.05, 3.63) is 23.8 Å². The van der Waals surface area contributed by atoms with Crippen LogP contribution in [0.3, 0.4) is 0 Å². The van der Waals surface area contributed by atoms with Crippen molar-refractivity contribution in [1.82, 2.24) is 9.97 Å². The first-order valence-electron chi connectivity index (χ1n) is 3.81. The van der Waals surface area contributed by atoms with Crippen LogP contribution in [0.2, 0.25) is 0 Å². The van der Waals surface area contributed by atoms with Crippen molar-refractivity contribution >= 4 is 12.0 Å². The Hall–Kier alpha value is -1.79. The Morgan fingerprint density at radius 3 is 2.80 bits per heavy atom. The SMILES string of the molecule is COC(=O)/C=C/c1nc[nH]c1C(F)(F)F. The van der Waals surface area contributed by atoms with E-state index < -0.39 is 17.8 Å². The van der Waals surface area contributed by atoms with Crippen molar-refractivity contribution in [2.24, 2.45) is 0 Å². The highest BCUT2D eigenvalue weighted by Crippen LogP contribution is 2.29. The van der Waals surface area contributed by atoms with E-state index >= 15 is 0 Å². The molecule has 0 aliphatic heterocycles. The Labute approximate surface area is 82.8 Å². The Morgan fingerprint density at radius 1 is 1.60 bits per heavy atom. The number of methoxy groups -OCH3 is 1. The zero-order chi connectivity index (χ0) is 11.5. The average molecular weight is 220 g/mol. The maximum Gasteiger partial charge on any atom is 0.433 e. The maximum absolute atomic E-state index is 12.3. The van der Waals surface area contributed by atoms with Gasteiger partial charge in [0.2, 0.25) is 0 Å². The number of carbonyl (C=O) groups excluding carboxylic acids is 1. The van der Waals surface area contributed by atoms with Crippen LogP contribution in [0.1, 0.15) is 11.4 Å². The molecule has 0 amide bonds. The van der Waals surface area contributed by atoms with E-state index in [0.29, 0.717) is 0 Å². The lowest BCUT2D eigenvalue weighted by Crippen LogP contribution is -2.07. The van der Waals surface area contributed by atoms with Gasteiger partial charge in [-0.3, -0.25) is 0 Å². The minimum atomic E-state index is -4.52. The topological polar surface area (TPSA) is 55.0 Å². The summed E-state index contributed by atoms with van der Waals surface area (Å²) in [5.74, 6) is -0.744. The first-order chi connectivity index (χ1) is 6.95. The van der Waals surface area contributed by atoms with Gasteiger partial charge in [0.25, 0.3) is 0 Å². The number of esters is 1. The fourth-order valence-corrected chi connectivity index (χ4v) is 0.873. The second-order valence-corrected chi connectivity index (χ2v) is 2.52. The standard InChI is InChI=1S/C8H7F3N2O2/c1-15-6(14)3-2-5-7(8(9,10)11)13-4-12-5/h2-4H,1H3,(H,12,13)/b3-2+. The van der Waals surface area contributed by atoms with Crippen LogP contribution in [0, 0.1) is 0 Å². The van der Waals surface area contributed by atoms with Crippen LogP contribution >= 0.6 is 0 Å². The molecule has 15 heavy (non-hydrogen) atoms. The molecule has 0 fully saturated rings. The van der Waals surface area contributed by atoms with E-state index in [0.717, 1.165) is 25.6 Å². The van der Waals surface area contributed by atoms with E-state index in [4.69, 9.17) is 0 Å². The van der Waals surface area contributed by atoms with Gasteiger partial charge in [-0.05, 0) is 6.08 Å². The number of halogens is 3. The summed E-state index contributed by atoms with van der Waals surface area (Å²) < 4.78 is 41.0. The Kier molecular flexibility index (Phi) is 3.13. The summed E-state index contributed by atoms with van der Waals surface area (Å²) >= 11 is 0. The van der Waals surface area contributed by atoms with E-state index in [9.17, 15) is 18.0 Å². The molecule has 0 atom stereocenters.